The summed E-state index contributed by atoms with van der Waals surface area (Å²) in [4.78, 5) is 4.68. The third-order valence-electron chi connectivity index (χ3n) is 3.31. The largest absolute Gasteiger partial charge is 0.324 e. The number of aryl methyl sites for hydroxylation is 1. The lowest BCUT2D eigenvalue weighted by molar-refractivity contribution is 0.796. The van der Waals surface area contributed by atoms with Crippen molar-refractivity contribution in [2.75, 3.05) is 0 Å². The van der Waals surface area contributed by atoms with Gasteiger partial charge in [0.25, 0.3) is 0 Å². The van der Waals surface area contributed by atoms with Crippen LogP contribution in [0, 0.1) is 11.3 Å². The van der Waals surface area contributed by atoms with Crippen LogP contribution in [-0.2, 0) is 6.54 Å². The number of nitrogens with zero attached hydrogens (tertiary/aromatic N) is 3. The van der Waals surface area contributed by atoms with Crippen molar-refractivity contribution in [1.29, 1.82) is 5.26 Å². The fourth-order valence-corrected chi connectivity index (χ4v) is 3.28. The summed E-state index contributed by atoms with van der Waals surface area (Å²) in [6.07, 6.45) is 0. The van der Waals surface area contributed by atoms with Gasteiger partial charge in [0, 0.05) is 21.6 Å². The van der Waals surface area contributed by atoms with E-state index in [2.05, 4.69) is 38.5 Å². The van der Waals surface area contributed by atoms with E-state index in [4.69, 9.17) is 16.9 Å². The van der Waals surface area contributed by atoms with E-state index in [1.54, 1.807) is 0 Å². The van der Waals surface area contributed by atoms with Gasteiger partial charge in [-0.15, -0.1) is 0 Å². The van der Waals surface area contributed by atoms with E-state index in [-0.39, 0.29) is 0 Å². The second kappa shape index (κ2) is 5.51. The smallest absolute Gasteiger partial charge is 0.141 e. The fourth-order valence-electron chi connectivity index (χ4n) is 2.42. The van der Waals surface area contributed by atoms with Crippen molar-refractivity contribution in [3.05, 3.63) is 51.5 Å². The summed E-state index contributed by atoms with van der Waals surface area (Å²) < 4.78 is 3.03. The van der Waals surface area contributed by atoms with Crippen LogP contribution in [0.5, 0.6) is 0 Å². The van der Waals surface area contributed by atoms with Gasteiger partial charge in [0.1, 0.15) is 5.82 Å². The molecule has 1 aromatic heterocycles. The Morgan fingerprint density at radius 3 is 2.76 bits per heavy atom. The summed E-state index contributed by atoms with van der Waals surface area (Å²) >= 11 is 9.59. The Kier molecular flexibility index (Phi) is 3.71. The van der Waals surface area contributed by atoms with Crippen LogP contribution >= 0.6 is 27.5 Å². The van der Waals surface area contributed by atoms with E-state index in [1.807, 2.05) is 36.4 Å². The van der Waals surface area contributed by atoms with E-state index >= 15 is 0 Å². The van der Waals surface area contributed by atoms with E-state index in [1.165, 1.54) is 0 Å². The molecule has 104 valence electrons. The molecule has 21 heavy (non-hydrogen) atoms. The van der Waals surface area contributed by atoms with Crippen molar-refractivity contribution in [1.82, 2.24) is 9.55 Å². The summed E-state index contributed by atoms with van der Waals surface area (Å²) in [6, 6.07) is 13.4. The average molecular weight is 361 g/mol. The number of halogens is 2. The molecule has 0 N–H and O–H groups in total. The lowest BCUT2D eigenvalue weighted by atomic mass is 10.2. The molecule has 3 aromatic rings. The molecule has 0 bridgehead atoms. The normalized spacial score (nSPS) is 10.8. The second-order valence-electron chi connectivity index (χ2n) is 4.65. The minimum absolute atomic E-state index is 0.613. The van der Waals surface area contributed by atoms with Gasteiger partial charge < -0.3 is 4.57 Å². The van der Waals surface area contributed by atoms with Gasteiger partial charge >= 0.3 is 0 Å². The molecule has 0 aliphatic rings. The van der Waals surface area contributed by atoms with Gasteiger partial charge in [-0.05, 0) is 43.3 Å². The van der Waals surface area contributed by atoms with Crippen LogP contribution in [-0.4, -0.2) is 9.55 Å². The first kappa shape index (κ1) is 14.1. The number of imidazole rings is 1. The van der Waals surface area contributed by atoms with E-state index in [0.717, 1.165) is 33.4 Å². The summed E-state index contributed by atoms with van der Waals surface area (Å²) in [5.74, 6) is 0.853. The minimum Gasteiger partial charge on any atom is -0.324 e. The molecule has 2 aromatic carbocycles. The third kappa shape index (κ3) is 2.55. The van der Waals surface area contributed by atoms with Crippen molar-refractivity contribution >= 4 is 38.6 Å². The van der Waals surface area contributed by atoms with Gasteiger partial charge in [-0.3, -0.25) is 0 Å². The van der Waals surface area contributed by atoms with Crippen molar-refractivity contribution in [2.45, 2.75) is 13.5 Å². The number of aromatic nitrogens is 2. The van der Waals surface area contributed by atoms with Crippen LogP contribution < -0.4 is 0 Å². The molecule has 3 nitrogen and oxygen atoms in total. The number of rotatable bonds is 2. The topological polar surface area (TPSA) is 41.6 Å². The first-order chi connectivity index (χ1) is 10.1. The Labute approximate surface area is 135 Å². The molecule has 0 radical (unpaired) electrons. The highest BCUT2D eigenvalue weighted by atomic mass is 79.9. The van der Waals surface area contributed by atoms with E-state index in [0.29, 0.717) is 10.6 Å². The second-order valence-corrected chi connectivity index (χ2v) is 6.01. The van der Waals surface area contributed by atoms with Crippen molar-refractivity contribution in [2.24, 2.45) is 0 Å². The number of hydrogen-bond donors (Lipinski definition) is 0. The molecule has 0 unspecified atom stereocenters. The van der Waals surface area contributed by atoms with Crippen LogP contribution in [0.2, 0.25) is 5.02 Å². The fraction of sp³-hybridized carbons (Fsp3) is 0.125. The number of hydrogen-bond acceptors (Lipinski definition) is 2. The molecule has 3 rings (SSSR count). The molecule has 0 aliphatic carbocycles. The van der Waals surface area contributed by atoms with Crippen molar-refractivity contribution in [3.8, 4) is 17.5 Å². The monoisotopic (exact) mass is 359 g/mol. The molecule has 0 fully saturated rings. The average Bonchev–Trinajstić information content (AvgIpc) is 2.83. The first-order valence-electron chi connectivity index (χ1n) is 6.49. The standard InChI is InChI=1S/C16H11BrClN3/c1-2-21-15-4-3-10(9-19)5-14(15)20-16(21)11-6-12(17)8-13(18)7-11/h3-8H,2H2,1H3. The Bertz CT molecular complexity index is 857. The number of nitriles is 1. The zero-order valence-electron chi connectivity index (χ0n) is 11.3. The molecular weight excluding hydrogens is 350 g/mol. The van der Waals surface area contributed by atoms with Crippen LogP contribution in [0.25, 0.3) is 22.4 Å². The zero-order valence-corrected chi connectivity index (χ0v) is 13.6. The number of fused-ring (bicyclic) bond motifs is 1. The maximum atomic E-state index is 9.01. The summed E-state index contributed by atoms with van der Waals surface area (Å²) in [6.45, 7) is 2.87. The Morgan fingerprint density at radius 1 is 1.29 bits per heavy atom. The van der Waals surface area contributed by atoms with Gasteiger partial charge in [-0.25, -0.2) is 4.98 Å². The highest BCUT2D eigenvalue weighted by Crippen LogP contribution is 2.30. The maximum absolute atomic E-state index is 9.01. The third-order valence-corrected chi connectivity index (χ3v) is 3.99. The molecule has 0 saturated heterocycles. The summed E-state index contributed by atoms with van der Waals surface area (Å²) in [5, 5.41) is 9.67. The Hall–Kier alpha value is -1.83. The van der Waals surface area contributed by atoms with Crippen molar-refractivity contribution in [3.63, 3.8) is 0 Å². The van der Waals surface area contributed by atoms with Gasteiger partial charge in [-0.2, -0.15) is 5.26 Å². The minimum atomic E-state index is 0.613. The highest BCUT2D eigenvalue weighted by Gasteiger charge is 2.13. The van der Waals surface area contributed by atoms with Gasteiger partial charge in [0.05, 0.1) is 22.7 Å². The molecule has 0 atom stereocenters. The van der Waals surface area contributed by atoms with Crippen LogP contribution in [0.3, 0.4) is 0 Å². The highest BCUT2D eigenvalue weighted by molar-refractivity contribution is 9.10. The van der Waals surface area contributed by atoms with Crippen LogP contribution in [0.1, 0.15) is 12.5 Å². The van der Waals surface area contributed by atoms with Crippen LogP contribution in [0.15, 0.2) is 40.9 Å². The molecule has 0 aliphatic heterocycles. The Morgan fingerprint density at radius 2 is 2.10 bits per heavy atom. The SMILES string of the molecule is CCn1c(-c2cc(Cl)cc(Br)c2)nc2cc(C#N)ccc21. The predicted molar refractivity (Wildman–Crippen MR) is 88.3 cm³/mol. The zero-order chi connectivity index (χ0) is 15.0. The molecule has 0 amide bonds. The van der Waals surface area contributed by atoms with Crippen LogP contribution in [0.4, 0.5) is 0 Å². The molecular formula is C16H11BrClN3. The van der Waals surface area contributed by atoms with Gasteiger partial charge in [-0.1, -0.05) is 27.5 Å². The predicted octanol–water partition coefficient (Wildman–Crippen LogP) is 5.01. The Balaban J connectivity index is 2.29. The van der Waals surface area contributed by atoms with E-state index in [9.17, 15) is 0 Å². The molecule has 0 saturated carbocycles. The van der Waals surface area contributed by atoms with Gasteiger partial charge in [0.2, 0.25) is 0 Å². The molecule has 1 heterocycles. The lowest BCUT2D eigenvalue weighted by Crippen LogP contribution is -1.97. The maximum Gasteiger partial charge on any atom is 0.141 e. The molecule has 0 spiro atoms. The number of benzene rings is 2. The van der Waals surface area contributed by atoms with Gasteiger partial charge in [0.15, 0.2) is 0 Å². The summed E-state index contributed by atoms with van der Waals surface area (Å²) in [7, 11) is 0. The first-order valence-corrected chi connectivity index (χ1v) is 7.66. The quantitative estimate of drug-likeness (QED) is 0.644. The van der Waals surface area contributed by atoms with E-state index < -0.39 is 0 Å². The molecule has 5 heteroatoms. The van der Waals surface area contributed by atoms with Crippen molar-refractivity contribution < 1.29 is 0 Å². The summed E-state index contributed by atoms with van der Waals surface area (Å²) in [5.41, 5.74) is 3.40. The lowest BCUT2D eigenvalue weighted by Gasteiger charge is -2.07.